The Bertz CT molecular complexity index is 853. The topological polar surface area (TPSA) is 77.2 Å². The first-order valence-corrected chi connectivity index (χ1v) is 8.72. The molecule has 0 saturated heterocycles. The van der Waals surface area contributed by atoms with Gasteiger partial charge in [0.15, 0.2) is 11.0 Å². The van der Waals surface area contributed by atoms with Crippen LogP contribution in [-0.2, 0) is 11.4 Å². The molecular formula is C17H14ClN3O3S. The van der Waals surface area contributed by atoms with Crippen LogP contribution in [0.1, 0.15) is 5.82 Å². The van der Waals surface area contributed by atoms with Gasteiger partial charge in [-0.2, -0.15) is 0 Å². The van der Waals surface area contributed by atoms with Gasteiger partial charge in [0.2, 0.25) is 0 Å². The molecule has 0 aliphatic carbocycles. The molecule has 0 amide bonds. The fraction of sp³-hybridized carbons (Fsp3) is 0.118. The molecule has 0 radical (unpaired) electrons. The summed E-state index contributed by atoms with van der Waals surface area (Å²) in [7, 11) is 0. The molecule has 8 heteroatoms. The van der Waals surface area contributed by atoms with Crippen molar-refractivity contribution in [2.24, 2.45) is 0 Å². The number of aromatic nitrogens is 3. The summed E-state index contributed by atoms with van der Waals surface area (Å²) in [6.07, 6.45) is 0. The van der Waals surface area contributed by atoms with Crippen molar-refractivity contribution in [3.8, 4) is 11.4 Å². The number of carboxylic acids is 1. The molecule has 2 aromatic carbocycles. The molecule has 0 saturated carbocycles. The number of nitrogens with zero attached hydrogens (tertiary/aromatic N) is 3. The molecule has 3 rings (SSSR count). The average Bonchev–Trinajstić information content (AvgIpc) is 3.02. The first kappa shape index (κ1) is 17.3. The van der Waals surface area contributed by atoms with Crippen molar-refractivity contribution in [1.29, 1.82) is 0 Å². The molecule has 0 unspecified atom stereocenters. The number of benzene rings is 2. The van der Waals surface area contributed by atoms with Crippen LogP contribution in [0.4, 0.5) is 0 Å². The van der Waals surface area contributed by atoms with Gasteiger partial charge in [-0.15, -0.1) is 10.2 Å². The van der Waals surface area contributed by atoms with Crippen LogP contribution in [0, 0.1) is 0 Å². The Morgan fingerprint density at radius 3 is 2.52 bits per heavy atom. The van der Waals surface area contributed by atoms with E-state index in [-0.39, 0.29) is 12.4 Å². The van der Waals surface area contributed by atoms with Crippen molar-refractivity contribution >= 4 is 29.3 Å². The van der Waals surface area contributed by atoms with Gasteiger partial charge in [-0.05, 0) is 36.4 Å². The Hall–Kier alpha value is -2.51. The summed E-state index contributed by atoms with van der Waals surface area (Å²) in [5.74, 6) is 0.260. The van der Waals surface area contributed by atoms with Gasteiger partial charge in [0.25, 0.3) is 0 Å². The molecule has 0 fully saturated rings. The number of carbonyl (C=O) groups is 1. The lowest BCUT2D eigenvalue weighted by atomic mass is 10.3. The zero-order chi connectivity index (χ0) is 17.6. The summed E-state index contributed by atoms with van der Waals surface area (Å²) < 4.78 is 7.51. The number of ether oxygens (including phenoxy) is 1. The van der Waals surface area contributed by atoms with Gasteiger partial charge in [-0.3, -0.25) is 9.36 Å². The van der Waals surface area contributed by atoms with Gasteiger partial charge < -0.3 is 9.84 Å². The fourth-order valence-electron chi connectivity index (χ4n) is 2.13. The summed E-state index contributed by atoms with van der Waals surface area (Å²) in [6, 6.07) is 16.5. The third-order valence-corrected chi connectivity index (χ3v) is 4.39. The standard InChI is InChI=1S/C17H14ClN3O3S/c18-12-6-8-13(9-7-12)21-15(10-24-14-4-2-1-3-5-14)19-20-17(21)25-11-16(22)23/h1-9H,10-11H2,(H,22,23). The minimum Gasteiger partial charge on any atom is -0.486 e. The summed E-state index contributed by atoms with van der Waals surface area (Å²) in [6.45, 7) is 0.202. The highest BCUT2D eigenvalue weighted by molar-refractivity contribution is 7.99. The molecule has 0 atom stereocenters. The largest absolute Gasteiger partial charge is 0.486 e. The number of carboxylic acid groups (broad SMARTS) is 1. The number of rotatable bonds is 7. The van der Waals surface area contributed by atoms with E-state index in [9.17, 15) is 4.79 Å². The molecule has 0 bridgehead atoms. The van der Waals surface area contributed by atoms with Crippen LogP contribution in [0.25, 0.3) is 5.69 Å². The maximum atomic E-state index is 10.9. The monoisotopic (exact) mass is 375 g/mol. The van der Waals surface area contributed by atoms with Gasteiger partial charge in [-0.25, -0.2) is 0 Å². The third kappa shape index (κ3) is 4.52. The number of hydrogen-bond acceptors (Lipinski definition) is 5. The van der Waals surface area contributed by atoms with Crippen molar-refractivity contribution in [3.05, 3.63) is 65.4 Å². The SMILES string of the molecule is O=C(O)CSc1nnc(COc2ccccc2)n1-c1ccc(Cl)cc1. The van der Waals surface area contributed by atoms with E-state index < -0.39 is 5.97 Å². The Labute approximate surface area is 153 Å². The molecule has 0 aliphatic heterocycles. The zero-order valence-electron chi connectivity index (χ0n) is 13.0. The van der Waals surface area contributed by atoms with Crippen molar-refractivity contribution in [2.45, 2.75) is 11.8 Å². The second kappa shape index (κ2) is 8.04. The zero-order valence-corrected chi connectivity index (χ0v) is 14.6. The van der Waals surface area contributed by atoms with E-state index in [0.29, 0.717) is 21.8 Å². The number of para-hydroxylation sites is 1. The molecule has 1 heterocycles. The molecule has 0 spiro atoms. The van der Waals surface area contributed by atoms with Gasteiger partial charge in [0, 0.05) is 10.7 Å². The molecular weight excluding hydrogens is 362 g/mol. The van der Waals surface area contributed by atoms with Gasteiger partial charge in [0.1, 0.15) is 12.4 Å². The lowest BCUT2D eigenvalue weighted by Crippen LogP contribution is -2.07. The fourth-order valence-corrected chi connectivity index (χ4v) is 2.94. The van der Waals surface area contributed by atoms with Gasteiger partial charge in [-0.1, -0.05) is 41.6 Å². The maximum Gasteiger partial charge on any atom is 0.313 e. The van der Waals surface area contributed by atoms with Crippen molar-refractivity contribution in [3.63, 3.8) is 0 Å². The first-order valence-electron chi connectivity index (χ1n) is 7.36. The average molecular weight is 376 g/mol. The van der Waals surface area contributed by atoms with E-state index in [4.69, 9.17) is 21.4 Å². The molecule has 6 nitrogen and oxygen atoms in total. The second-order valence-electron chi connectivity index (χ2n) is 4.99. The predicted molar refractivity (Wildman–Crippen MR) is 95.5 cm³/mol. The highest BCUT2D eigenvalue weighted by atomic mass is 35.5. The lowest BCUT2D eigenvalue weighted by molar-refractivity contribution is -0.133. The van der Waals surface area contributed by atoms with E-state index in [0.717, 1.165) is 17.4 Å². The number of aliphatic carboxylic acids is 1. The molecule has 1 N–H and O–H groups in total. The number of halogens is 1. The quantitative estimate of drug-likeness (QED) is 0.635. The first-order chi connectivity index (χ1) is 12.1. The Kier molecular flexibility index (Phi) is 5.57. The van der Waals surface area contributed by atoms with E-state index in [2.05, 4.69) is 10.2 Å². The lowest BCUT2D eigenvalue weighted by Gasteiger charge is -2.11. The highest BCUT2D eigenvalue weighted by Gasteiger charge is 2.16. The number of hydrogen-bond donors (Lipinski definition) is 1. The molecule has 3 aromatic rings. The summed E-state index contributed by atoms with van der Waals surface area (Å²) in [4.78, 5) is 10.9. The molecule has 128 valence electrons. The smallest absolute Gasteiger partial charge is 0.313 e. The maximum absolute atomic E-state index is 10.9. The van der Waals surface area contributed by atoms with Crippen LogP contribution < -0.4 is 4.74 Å². The Morgan fingerprint density at radius 2 is 1.84 bits per heavy atom. The Morgan fingerprint density at radius 1 is 1.12 bits per heavy atom. The minimum atomic E-state index is -0.919. The van der Waals surface area contributed by atoms with Crippen molar-refractivity contribution in [1.82, 2.24) is 14.8 Å². The van der Waals surface area contributed by atoms with E-state index >= 15 is 0 Å². The van der Waals surface area contributed by atoms with Crippen LogP contribution >= 0.6 is 23.4 Å². The van der Waals surface area contributed by atoms with Crippen molar-refractivity contribution < 1.29 is 14.6 Å². The highest BCUT2D eigenvalue weighted by Crippen LogP contribution is 2.24. The predicted octanol–water partition coefficient (Wildman–Crippen LogP) is 3.68. The Balaban J connectivity index is 1.88. The molecule has 1 aromatic heterocycles. The number of thioether (sulfide) groups is 1. The van der Waals surface area contributed by atoms with Gasteiger partial charge >= 0.3 is 5.97 Å². The summed E-state index contributed by atoms with van der Waals surface area (Å²) >= 11 is 7.05. The van der Waals surface area contributed by atoms with Crippen LogP contribution in [0.15, 0.2) is 59.8 Å². The molecule has 0 aliphatic rings. The van der Waals surface area contributed by atoms with Gasteiger partial charge in [0.05, 0.1) is 5.75 Å². The summed E-state index contributed by atoms with van der Waals surface area (Å²) in [5.41, 5.74) is 0.786. The van der Waals surface area contributed by atoms with Crippen LogP contribution in [-0.4, -0.2) is 31.6 Å². The van der Waals surface area contributed by atoms with E-state index in [1.54, 1.807) is 16.7 Å². The second-order valence-corrected chi connectivity index (χ2v) is 6.37. The van der Waals surface area contributed by atoms with Crippen LogP contribution in [0.2, 0.25) is 5.02 Å². The molecule has 25 heavy (non-hydrogen) atoms. The van der Waals surface area contributed by atoms with Crippen LogP contribution in [0.3, 0.4) is 0 Å². The van der Waals surface area contributed by atoms with E-state index in [1.165, 1.54) is 0 Å². The normalized spacial score (nSPS) is 10.6. The van der Waals surface area contributed by atoms with E-state index in [1.807, 2.05) is 42.5 Å². The van der Waals surface area contributed by atoms with Crippen LogP contribution in [0.5, 0.6) is 5.75 Å². The third-order valence-electron chi connectivity index (χ3n) is 3.22. The van der Waals surface area contributed by atoms with Crippen molar-refractivity contribution in [2.75, 3.05) is 5.75 Å². The minimum absolute atomic E-state index is 0.106. The summed E-state index contributed by atoms with van der Waals surface area (Å²) in [5, 5.41) is 18.3.